The Kier molecular flexibility index (Phi) is 4.11. The molecule has 0 saturated heterocycles. The first-order valence-electron chi connectivity index (χ1n) is 6.13. The summed E-state index contributed by atoms with van der Waals surface area (Å²) in [6.45, 7) is 1.65. The van der Waals surface area contributed by atoms with Crippen molar-refractivity contribution in [2.24, 2.45) is 0 Å². The Morgan fingerprint density at radius 3 is 2.45 bits per heavy atom. The molecule has 2 aromatic rings. The van der Waals surface area contributed by atoms with Crippen molar-refractivity contribution in [3.63, 3.8) is 0 Å². The second kappa shape index (κ2) is 5.64. The molecule has 0 unspecified atom stereocenters. The van der Waals surface area contributed by atoms with E-state index in [0.717, 1.165) is 6.26 Å². The number of aliphatic hydroxyl groups is 1. The average molecular weight is 292 g/mol. The minimum Gasteiger partial charge on any atom is -0.457 e. The van der Waals surface area contributed by atoms with Crippen LogP contribution in [0.2, 0.25) is 0 Å². The van der Waals surface area contributed by atoms with Crippen molar-refractivity contribution in [3.05, 3.63) is 54.1 Å². The highest BCUT2D eigenvalue weighted by Gasteiger charge is 2.11. The van der Waals surface area contributed by atoms with Crippen LogP contribution in [-0.2, 0) is 9.84 Å². The first-order valence-corrected chi connectivity index (χ1v) is 8.02. The van der Waals surface area contributed by atoms with Crippen LogP contribution in [-0.4, -0.2) is 19.8 Å². The highest BCUT2D eigenvalue weighted by Crippen LogP contribution is 2.30. The van der Waals surface area contributed by atoms with Crippen LogP contribution in [0.4, 0.5) is 0 Å². The van der Waals surface area contributed by atoms with E-state index in [2.05, 4.69) is 0 Å². The maximum Gasteiger partial charge on any atom is 0.175 e. The van der Waals surface area contributed by atoms with E-state index in [1.54, 1.807) is 37.3 Å². The maximum atomic E-state index is 11.5. The summed E-state index contributed by atoms with van der Waals surface area (Å²) in [4.78, 5) is 0.199. The van der Waals surface area contributed by atoms with Crippen molar-refractivity contribution in [1.29, 1.82) is 0 Å². The van der Waals surface area contributed by atoms with E-state index < -0.39 is 15.9 Å². The van der Waals surface area contributed by atoms with Gasteiger partial charge in [0.05, 0.1) is 11.0 Å². The minimum atomic E-state index is -3.27. The molecule has 0 saturated carbocycles. The van der Waals surface area contributed by atoms with Gasteiger partial charge < -0.3 is 9.84 Å². The van der Waals surface area contributed by atoms with Gasteiger partial charge in [-0.1, -0.05) is 24.3 Å². The number of hydrogen-bond acceptors (Lipinski definition) is 4. The van der Waals surface area contributed by atoms with Crippen molar-refractivity contribution in [2.75, 3.05) is 6.26 Å². The molecule has 2 rings (SSSR count). The fourth-order valence-corrected chi connectivity index (χ4v) is 2.47. The van der Waals surface area contributed by atoms with Gasteiger partial charge in [-0.2, -0.15) is 0 Å². The molecule has 0 aliphatic rings. The Morgan fingerprint density at radius 1 is 1.10 bits per heavy atom. The molecule has 0 aromatic heterocycles. The van der Waals surface area contributed by atoms with Crippen LogP contribution in [0, 0.1) is 0 Å². The monoisotopic (exact) mass is 292 g/mol. The topological polar surface area (TPSA) is 63.6 Å². The van der Waals surface area contributed by atoms with Crippen LogP contribution in [0.1, 0.15) is 18.6 Å². The Bertz CT molecular complexity index is 705. The van der Waals surface area contributed by atoms with E-state index in [1.165, 1.54) is 12.1 Å². The number of hydrogen-bond donors (Lipinski definition) is 1. The van der Waals surface area contributed by atoms with E-state index in [4.69, 9.17) is 4.74 Å². The summed E-state index contributed by atoms with van der Waals surface area (Å²) in [6.07, 6.45) is 0.486. The molecular formula is C15H16O4S. The predicted octanol–water partition coefficient (Wildman–Crippen LogP) is 2.94. The molecule has 0 heterocycles. The molecule has 0 spiro atoms. The summed E-state index contributed by atoms with van der Waals surface area (Å²) >= 11 is 0. The molecule has 0 fully saturated rings. The van der Waals surface area contributed by atoms with Gasteiger partial charge in [0.25, 0.3) is 0 Å². The number of sulfone groups is 1. The average Bonchev–Trinajstić information content (AvgIpc) is 2.38. The number of aliphatic hydroxyl groups excluding tert-OH is 1. The largest absolute Gasteiger partial charge is 0.457 e. The molecule has 2 aromatic carbocycles. The minimum absolute atomic E-state index is 0.199. The van der Waals surface area contributed by atoms with Crippen LogP contribution in [0.25, 0.3) is 0 Å². The number of ether oxygens (including phenoxy) is 1. The van der Waals surface area contributed by atoms with Crippen LogP contribution in [0.3, 0.4) is 0 Å². The lowest BCUT2D eigenvalue weighted by Crippen LogP contribution is -1.98. The smallest absolute Gasteiger partial charge is 0.175 e. The molecule has 5 heteroatoms. The highest BCUT2D eigenvalue weighted by atomic mass is 32.2. The van der Waals surface area contributed by atoms with Gasteiger partial charge in [0.15, 0.2) is 9.84 Å². The van der Waals surface area contributed by atoms with Gasteiger partial charge in [-0.25, -0.2) is 8.42 Å². The van der Waals surface area contributed by atoms with Crippen molar-refractivity contribution < 1.29 is 18.3 Å². The molecule has 0 bridgehead atoms. The fraction of sp³-hybridized carbons (Fsp3) is 0.200. The summed E-state index contributed by atoms with van der Waals surface area (Å²) in [5, 5.41) is 9.69. The highest BCUT2D eigenvalue weighted by molar-refractivity contribution is 7.90. The van der Waals surface area contributed by atoms with E-state index in [1.807, 2.05) is 6.07 Å². The van der Waals surface area contributed by atoms with Gasteiger partial charge in [-0.05, 0) is 31.2 Å². The molecule has 0 aliphatic heterocycles. The van der Waals surface area contributed by atoms with E-state index in [0.29, 0.717) is 17.1 Å². The summed E-state index contributed by atoms with van der Waals surface area (Å²) in [7, 11) is -3.27. The van der Waals surface area contributed by atoms with Gasteiger partial charge in [-0.3, -0.25) is 0 Å². The van der Waals surface area contributed by atoms with Gasteiger partial charge in [0.1, 0.15) is 11.5 Å². The standard InChI is InChI=1S/C15H16O4S/c1-11(16)14-8-3-4-9-15(14)19-12-6-5-7-13(10-12)20(2,17)18/h3-11,16H,1-2H3/t11-/m1/s1. The lowest BCUT2D eigenvalue weighted by atomic mass is 10.1. The summed E-state index contributed by atoms with van der Waals surface area (Å²) in [5.41, 5.74) is 0.650. The quantitative estimate of drug-likeness (QED) is 0.941. The number of para-hydroxylation sites is 1. The summed E-state index contributed by atoms with van der Waals surface area (Å²) in [5.74, 6) is 0.925. The van der Waals surface area contributed by atoms with Gasteiger partial charge in [0, 0.05) is 11.8 Å². The Balaban J connectivity index is 2.36. The maximum absolute atomic E-state index is 11.5. The third-order valence-electron chi connectivity index (χ3n) is 2.83. The van der Waals surface area contributed by atoms with Crippen molar-refractivity contribution in [1.82, 2.24) is 0 Å². The SMILES string of the molecule is C[C@@H](O)c1ccccc1Oc1cccc(S(C)(=O)=O)c1. The zero-order chi connectivity index (χ0) is 14.8. The number of benzene rings is 2. The molecular weight excluding hydrogens is 276 g/mol. The molecule has 4 nitrogen and oxygen atoms in total. The molecule has 20 heavy (non-hydrogen) atoms. The molecule has 0 aliphatic carbocycles. The van der Waals surface area contributed by atoms with E-state index >= 15 is 0 Å². The summed E-state index contributed by atoms with van der Waals surface area (Å²) < 4.78 is 28.7. The van der Waals surface area contributed by atoms with Crippen LogP contribution in [0.15, 0.2) is 53.4 Å². The van der Waals surface area contributed by atoms with Crippen LogP contribution in [0.5, 0.6) is 11.5 Å². The van der Waals surface area contributed by atoms with Crippen molar-refractivity contribution >= 4 is 9.84 Å². The predicted molar refractivity (Wildman–Crippen MR) is 76.7 cm³/mol. The van der Waals surface area contributed by atoms with E-state index in [-0.39, 0.29) is 4.90 Å². The van der Waals surface area contributed by atoms with Crippen LogP contribution >= 0.6 is 0 Å². The lowest BCUT2D eigenvalue weighted by Gasteiger charge is -2.13. The number of rotatable bonds is 4. The molecule has 106 valence electrons. The van der Waals surface area contributed by atoms with Crippen molar-refractivity contribution in [2.45, 2.75) is 17.9 Å². The second-order valence-electron chi connectivity index (χ2n) is 4.56. The Labute approximate surface area is 118 Å². The Hall–Kier alpha value is -1.85. The summed E-state index contributed by atoms with van der Waals surface area (Å²) in [6, 6.07) is 13.4. The van der Waals surface area contributed by atoms with Gasteiger partial charge in [-0.15, -0.1) is 0 Å². The zero-order valence-electron chi connectivity index (χ0n) is 11.3. The van der Waals surface area contributed by atoms with Crippen LogP contribution < -0.4 is 4.74 Å². The third kappa shape index (κ3) is 3.37. The molecule has 0 radical (unpaired) electrons. The first-order chi connectivity index (χ1) is 9.38. The Morgan fingerprint density at radius 2 is 1.80 bits per heavy atom. The fourth-order valence-electron chi connectivity index (χ4n) is 1.81. The van der Waals surface area contributed by atoms with E-state index in [9.17, 15) is 13.5 Å². The van der Waals surface area contributed by atoms with Crippen molar-refractivity contribution in [3.8, 4) is 11.5 Å². The molecule has 1 atom stereocenters. The van der Waals surface area contributed by atoms with Gasteiger partial charge >= 0.3 is 0 Å². The first kappa shape index (κ1) is 14.6. The third-order valence-corrected chi connectivity index (χ3v) is 3.94. The second-order valence-corrected chi connectivity index (χ2v) is 6.58. The van der Waals surface area contributed by atoms with Gasteiger partial charge in [0.2, 0.25) is 0 Å². The lowest BCUT2D eigenvalue weighted by molar-refractivity contribution is 0.195. The molecule has 1 N–H and O–H groups in total. The molecule has 0 amide bonds. The normalized spacial score (nSPS) is 12.9. The zero-order valence-corrected chi connectivity index (χ0v) is 12.1.